The third-order valence-electron chi connectivity index (χ3n) is 4.75. The quantitative estimate of drug-likeness (QED) is 0.338. The lowest BCUT2D eigenvalue weighted by Gasteiger charge is -2.10. The van der Waals surface area contributed by atoms with Crippen molar-refractivity contribution in [3.8, 4) is 11.5 Å². The molecule has 1 heterocycles. The number of nitrogens with zero attached hydrogens (tertiary/aromatic N) is 1. The highest BCUT2D eigenvalue weighted by Crippen LogP contribution is 2.24. The van der Waals surface area contributed by atoms with Crippen LogP contribution in [0.3, 0.4) is 0 Å². The normalized spacial score (nSPS) is 10.3. The van der Waals surface area contributed by atoms with Crippen molar-refractivity contribution in [2.45, 2.75) is 6.54 Å². The number of hydrogen-bond acceptors (Lipinski definition) is 4. The van der Waals surface area contributed by atoms with Crippen LogP contribution >= 0.6 is 0 Å². The predicted molar refractivity (Wildman–Crippen MR) is 127 cm³/mol. The molecule has 0 saturated heterocycles. The van der Waals surface area contributed by atoms with Gasteiger partial charge in [0.1, 0.15) is 5.75 Å². The summed E-state index contributed by atoms with van der Waals surface area (Å²) in [5.74, 6) is -0.364. The first-order valence-electron chi connectivity index (χ1n) is 10.4. The Kier molecular flexibility index (Phi) is 7.09. The van der Waals surface area contributed by atoms with Gasteiger partial charge in [0.25, 0.3) is 5.91 Å². The van der Waals surface area contributed by atoms with Crippen molar-refractivity contribution >= 4 is 23.3 Å². The van der Waals surface area contributed by atoms with Crippen molar-refractivity contribution in [3.63, 3.8) is 0 Å². The molecule has 4 aromatic rings. The van der Waals surface area contributed by atoms with Crippen LogP contribution in [0.2, 0.25) is 0 Å². The third kappa shape index (κ3) is 6.17. The molecule has 3 aromatic carbocycles. The zero-order chi connectivity index (χ0) is 23.8. The summed E-state index contributed by atoms with van der Waals surface area (Å²) in [6, 6.07) is 23.0. The van der Waals surface area contributed by atoms with Crippen LogP contribution in [0.4, 0.5) is 20.6 Å². The van der Waals surface area contributed by atoms with Crippen LogP contribution in [0.15, 0.2) is 97.3 Å². The van der Waals surface area contributed by atoms with Gasteiger partial charge >= 0.3 is 6.03 Å². The number of aromatic nitrogens is 1. The molecule has 4 rings (SSSR count). The smallest absolute Gasteiger partial charge is 0.323 e. The van der Waals surface area contributed by atoms with E-state index in [1.54, 1.807) is 60.8 Å². The number of hydrogen-bond donors (Lipinski definition) is 3. The molecular formula is C26H21FN4O3. The van der Waals surface area contributed by atoms with E-state index in [0.717, 1.165) is 0 Å². The van der Waals surface area contributed by atoms with Crippen molar-refractivity contribution in [2.24, 2.45) is 0 Å². The molecule has 0 atom stereocenters. The second kappa shape index (κ2) is 10.7. The van der Waals surface area contributed by atoms with Gasteiger partial charge in [-0.25, -0.2) is 9.18 Å². The Morgan fingerprint density at radius 3 is 2.26 bits per heavy atom. The second-order valence-electron chi connectivity index (χ2n) is 7.26. The highest BCUT2D eigenvalue weighted by molar-refractivity contribution is 6.00. The zero-order valence-electron chi connectivity index (χ0n) is 18.0. The first-order valence-corrected chi connectivity index (χ1v) is 10.4. The fraction of sp³-hybridized carbons (Fsp3) is 0.0385. The van der Waals surface area contributed by atoms with Crippen LogP contribution < -0.4 is 20.7 Å². The maximum absolute atomic E-state index is 14.4. The molecule has 0 aliphatic rings. The van der Waals surface area contributed by atoms with Gasteiger partial charge in [0.2, 0.25) is 0 Å². The van der Waals surface area contributed by atoms with Gasteiger partial charge in [-0.2, -0.15) is 0 Å². The van der Waals surface area contributed by atoms with Crippen LogP contribution in [-0.2, 0) is 6.54 Å². The van der Waals surface area contributed by atoms with Crippen LogP contribution in [-0.4, -0.2) is 16.9 Å². The maximum Gasteiger partial charge on any atom is 0.323 e. The van der Waals surface area contributed by atoms with Crippen LogP contribution in [0.25, 0.3) is 0 Å². The first kappa shape index (κ1) is 22.5. The van der Waals surface area contributed by atoms with Gasteiger partial charge in [0.15, 0.2) is 11.6 Å². The fourth-order valence-corrected chi connectivity index (χ4v) is 3.08. The number of anilines is 2. The first-order chi connectivity index (χ1) is 16.6. The molecule has 8 heteroatoms. The van der Waals surface area contributed by atoms with Gasteiger partial charge in [-0.05, 0) is 66.2 Å². The molecule has 0 spiro atoms. The van der Waals surface area contributed by atoms with Crippen LogP contribution in [0.5, 0.6) is 11.5 Å². The number of ether oxygens (including phenoxy) is 1. The Balaban J connectivity index is 1.29. The number of halogens is 1. The Labute approximate surface area is 195 Å². The molecule has 0 bridgehead atoms. The average Bonchev–Trinajstić information content (AvgIpc) is 2.86. The summed E-state index contributed by atoms with van der Waals surface area (Å²) in [6.07, 6.45) is 3.09. The topological polar surface area (TPSA) is 92.4 Å². The minimum atomic E-state index is -0.542. The molecule has 34 heavy (non-hydrogen) atoms. The Bertz CT molecular complexity index is 1270. The van der Waals surface area contributed by atoms with Gasteiger partial charge in [0, 0.05) is 29.7 Å². The van der Waals surface area contributed by atoms with Crippen molar-refractivity contribution in [2.75, 3.05) is 10.6 Å². The molecule has 0 saturated carbocycles. The van der Waals surface area contributed by atoms with Crippen LogP contribution in [0, 0.1) is 5.82 Å². The van der Waals surface area contributed by atoms with E-state index in [2.05, 4.69) is 20.9 Å². The van der Waals surface area contributed by atoms with E-state index in [9.17, 15) is 14.0 Å². The van der Waals surface area contributed by atoms with Crippen LogP contribution in [0.1, 0.15) is 15.9 Å². The van der Waals surface area contributed by atoms with E-state index >= 15 is 0 Å². The minimum Gasteiger partial charge on any atom is -0.453 e. The number of carbonyl (C=O) groups excluding carboxylic acids is 2. The Morgan fingerprint density at radius 1 is 0.853 bits per heavy atom. The molecule has 0 unspecified atom stereocenters. The van der Waals surface area contributed by atoms with Crippen molar-refractivity contribution in [3.05, 3.63) is 114 Å². The molecule has 0 fully saturated rings. The lowest BCUT2D eigenvalue weighted by atomic mass is 10.1. The average molecular weight is 456 g/mol. The molecule has 3 N–H and O–H groups in total. The standard InChI is InChI=1S/C26H21FN4O3/c27-23-15-18(8-13-24(23)34-22-7-4-14-28-17-22)16-29-25(32)19-9-11-21(12-10-19)31-26(33)30-20-5-2-1-3-6-20/h1-15,17H,16H2,(H,29,32)(H2,30,31,33). The van der Waals surface area contributed by atoms with E-state index in [1.165, 1.54) is 18.3 Å². The van der Waals surface area contributed by atoms with Gasteiger partial charge < -0.3 is 20.7 Å². The highest BCUT2D eigenvalue weighted by atomic mass is 19.1. The van der Waals surface area contributed by atoms with Crippen molar-refractivity contribution in [1.29, 1.82) is 0 Å². The fourth-order valence-electron chi connectivity index (χ4n) is 3.08. The number of nitrogens with one attached hydrogen (secondary N) is 3. The van der Waals surface area contributed by atoms with E-state index < -0.39 is 5.82 Å². The summed E-state index contributed by atoms with van der Waals surface area (Å²) in [7, 11) is 0. The number of pyridine rings is 1. The number of carbonyl (C=O) groups is 2. The lowest BCUT2D eigenvalue weighted by Crippen LogP contribution is -2.23. The van der Waals surface area contributed by atoms with Crippen molar-refractivity contribution in [1.82, 2.24) is 10.3 Å². The van der Waals surface area contributed by atoms with Gasteiger partial charge in [0.05, 0.1) is 6.20 Å². The van der Waals surface area contributed by atoms with E-state index in [4.69, 9.17) is 4.74 Å². The summed E-state index contributed by atoms with van der Waals surface area (Å²) in [5.41, 5.74) is 2.20. The number of urea groups is 1. The number of para-hydroxylation sites is 1. The molecule has 1 aromatic heterocycles. The molecule has 0 radical (unpaired) electrons. The maximum atomic E-state index is 14.4. The Morgan fingerprint density at radius 2 is 1.59 bits per heavy atom. The number of rotatable bonds is 7. The minimum absolute atomic E-state index is 0.0717. The predicted octanol–water partition coefficient (Wildman–Crippen LogP) is 5.59. The van der Waals surface area contributed by atoms with Gasteiger partial charge in [-0.1, -0.05) is 24.3 Å². The molecule has 3 amide bonds. The Hall–Kier alpha value is -4.72. The zero-order valence-corrected chi connectivity index (χ0v) is 18.0. The number of benzene rings is 3. The molecule has 7 nitrogen and oxygen atoms in total. The summed E-state index contributed by atoms with van der Waals surface area (Å²) in [5, 5.41) is 8.17. The second-order valence-corrected chi connectivity index (χ2v) is 7.26. The lowest BCUT2D eigenvalue weighted by molar-refractivity contribution is 0.0951. The molecule has 0 aliphatic heterocycles. The number of amides is 3. The monoisotopic (exact) mass is 456 g/mol. The molecule has 170 valence electrons. The summed E-state index contributed by atoms with van der Waals surface area (Å²) in [6.45, 7) is 0.141. The van der Waals surface area contributed by atoms with E-state index in [1.807, 2.05) is 18.2 Å². The van der Waals surface area contributed by atoms with Gasteiger partial charge in [-0.3, -0.25) is 9.78 Å². The largest absolute Gasteiger partial charge is 0.453 e. The SMILES string of the molecule is O=C(Nc1ccccc1)Nc1ccc(C(=O)NCc2ccc(Oc3cccnc3)c(F)c2)cc1. The van der Waals surface area contributed by atoms with Crippen molar-refractivity contribution < 1.29 is 18.7 Å². The van der Waals surface area contributed by atoms with Gasteiger partial charge in [-0.15, -0.1) is 0 Å². The van der Waals surface area contributed by atoms with E-state index in [0.29, 0.717) is 28.3 Å². The summed E-state index contributed by atoms with van der Waals surface area (Å²) < 4.78 is 19.8. The third-order valence-corrected chi connectivity index (χ3v) is 4.75. The summed E-state index contributed by atoms with van der Waals surface area (Å²) >= 11 is 0. The summed E-state index contributed by atoms with van der Waals surface area (Å²) in [4.78, 5) is 28.4. The molecular weight excluding hydrogens is 435 g/mol. The van der Waals surface area contributed by atoms with E-state index in [-0.39, 0.29) is 24.2 Å². The molecule has 0 aliphatic carbocycles. The highest BCUT2D eigenvalue weighted by Gasteiger charge is 2.10.